The van der Waals surface area contributed by atoms with Crippen molar-refractivity contribution in [3.8, 4) is 5.75 Å². The Morgan fingerprint density at radius 2 is 2.00 bits per heavy atom. The van der Waals surface area contributed by atoms with E-state index in [2.05, 4.69) is 10.6 Å². The Kier molecular flexibility index (Phi) is 4.77. The molecule has 0 saturated carbocycles. The summed E-state index contributed by atoms with van der Waals surface area (Å²) in [4.78, 5) is 11.0. The largest absolute Gasteiger partial charge is 0.473 e. The third kappa shape index (κ3) is 4.56. The molecule has 0 aliphatic carbocycles. The number of nitrogens with one attached hydrogen (secondary N) is 2. The minimum atomic E-state index is -0.244. The van der Waals surface area contributed by atoms with E-state index in [1.165, 1.54) is 0 Å². The molecule has 0 aromatic heterocycles. The molecule has 4 nitrogen and oxygen atoms in total. The van der Waals surface area contributed by atoms with Crippen molar-refractivity contribution >= 4 is 17.6 Å². The van der Waals surface area contributed by atoms with Gasteiger partial charge in [-0.25, -0.2) is 4.79 Å². The lowest BCUT2D eigenvalue weighted by Gasteiger charge is -2.08. The average molecular weight is 229 g/mol. The van der Waals surface area contributed by atoms with Crippen LogP contribution < -0.4 is 15.4 Å². The third-order valence-corrected chi connectivity index (χ3v) is 1.87. The van der Waals surface area contributed by atoms with Gasteiger partial charge in [-0.3, -0.25) is 0 Å². The van der Waals surface area contributed by atoms with Crippen LogP contribution in [0.2, 0.25) is 5.02 Å². The first-order chi connectivity index (χ1) is 7.22. The van der Waals surface area contributed by atoms with E-state index in [1.54, 1.807) is 24.3 Å². The molecular weight excluding hydrogens is 216 g/mol. The van der Waals surface area contributed by atoms with E-state index in [0.29, 0.717) is 17.3 Å². The lowest BCUT2D eigenvalue weighted by atomic mass is 10.3. The third-order valence-electron chi connectivity index (χ3n) is 1.62. The second-order valence-electron chi connectivity index (χ2n) is 2.78. The molecular formula is C10H13ClN2O2. The molecule has 0 spiro atoms. The molecule has 1 aromatic carbocycles. The summed E-state index contributed by atoms with van der Waals surface area (Å²) in [5.41, 5.74) is 0. The van der Waals surface area contributed by atoms with Gasteiger partial charge in [-0.05, 0) is 31.2 Å². The monoisotopic (exact) mass is 228 g/mol. The Morgan fingerprint density at radius 3 is 2.60 bits per heavy atom. The number of hydrogen-bond acceptors (Lipinski definition) is 2. The number of benzene rings is 1. The molecule has 1 aromatic rings. The van der Waals surface area contributed by atoms with Gasteiger partial charge in [0.25, 0.3) is 0 Å². The summed E-state index contributed by atoms with van der Waals surface area (Å²) >= 11 is 5.70. The molecule has 0 fully saturated rings. The molecule has 0 heterocycles. The Labute approximate surface area is 93.6 Å². The van der Waals surface area contributed by atoms with Crippen molar-refractivity contribution in [2.24, 2.45) is 0 Å². The van der Waals surface area contributed by atoms with Gasteiger partial charge in [0.2, 0.25) is 0 Å². The molecule has 0 aliphatic rings. The minimum Gasteiger partial charge on any atom is -0.473 e. The van der Waals surface area contributed by atoms with Crippen LogP contribution in [0.15, 0.2) is 24.3 Å². The van der Waals surface area contributed by atoms with E-state index in [9.17, 15) is 4.79 Å². The van der Waals surface area contributed by atoms with Gasteiger partial charge in [0.05, 0.1) is 0 Å². The van der Waals surface area contributed by atoms with Crippen LogP contribution in [0.5, 0.6) is 5.75 Å². The summed E-state index contributed by atoms with van der Waals surface area (Å²) in [6.45, 7) is 2.57. The molecule has 5 heteroatoms. The maximum Gasteiger partial charge on any atom is 0.317 e. The molecule has 2 amide bonds. The predicted molar refractivity (Wildman–Crippen MR) is 59.2 cm³/mol. The minimum absolute atomic E-state index is 0.132. The molecule has 82 valence electrons. The first kappa shape index (κ1) is 11.7. The Bertz CT molecular complexity index is 314. The van der Waals surface area contributed by atoms with Crippen LogP contribution in [0.25, 0.3) is 0 Å². The first-order valence-electron chi connectivity index (χ1n) is 4.62. The van der Waals surface area contributed by atoms with Gasteiger partial charge in [0, 0.05) is 11.6 Å². The van der Waals surface area contributed by atoms with Crippen molar-refractivity contribution in [1.82, 2.24) is 10.6 Å². The van der Waals surface area contributed by atoms with E-state index in [0.717, 1.165) is 0 Å². The number of carbonyl (C=O) groups excluding carboxylic acids is 1. The van der Waals surface area contributed by atoms with Crippen LogP contribution in [0.1, 0.15) is 6.92 Å². The second kappa shape index (κ2) is 6.14. The van der Waals surface area contributed by atoms with Crippen molar-refractivity contribution in [2.75, 3.05) is 13.3 Å². The summed E-state index contributed by atoms with van der Waals surface area (Å²) in [6.07, 6.45) is 0. The van der Waals surface area contributed by atoms with E-state index in [4.69, 9.17) is 16.3 Å². The molecule has 0 saturated heterocycles. The van der Waals surface area contributed by atoms with Crippen LogP contribution in [-0.4, -0.2) is 19.3 Å². The standard InChI is InChI=1S/C10H13ClN2O2/c1-2-12-10(14)13-7-15-9-5-3-8(11)4-6-9/h3-6H,2,7H2,1H3,(H2,12,13,14). The number of ether oxygens (including phenoxy) is 1. The summed E-state index contributed by atoms with van der Waals surface area (Å²) in [7, 11) is 0. The smallest absolute Gasteiger partial charge is 0.317 e. The highest BCUT2D eigenvalue weighted by atomic mass is 35.5. The lowest BCUT2D eigenvalue weighted by molar-refractivity contribution is 0.224. The summed E-state index contributed by atoms with van der Waals surface area (Å²) in [5, 5.41) is 5.78. The Hall–Kier alpha value is -1.42. The normalized spacial score (nSPS) is 9.47. The van der Waals surface area contributed by atoms with Gasteiger partial charge >= 0.3 is 6.03 Å². The highest BCUT2D eigenvalue weighted by Gasteiger charge is 1.97. The zero-order valence-electron chi connectivity index (χ0n) is 8.42. The molecule has 0 bridgehead atoms. The molecule has 0 radical (unpaired) electrons. The topological polar surface area (TPSA) is 50.4 Å². The lowest BCUT2D eigenvalue weighted by Crippen LogP contribution is -2.37. The van der Waals surface area contributed by atoms with Crippen molar-refractivity contribution in [2.45, 2.75) is 6.92 Å². The van der Waals surface area contributed by atoms with Crippen molar-refractivity contribution < 1.29 is 9.53 Å². The molecule has 15 heavy (non-hydrogen) atoms. The van der Waals surface area contributed by atoms with E-state index in [1.807, 2.05) is 6.92 Å². The van der Waals surface area contributed by atoms with E-state index < -0.39 is 0 Å². The number of hydrogen-bond donors (Lipinski definition) is 2. The number of rotatable bonds is 4. The van der Waals surface area contributed by atoms with Gasteiger partial charge in [-0.2, -0.15) is 0 Å². The first-order valence-corrected chi connectivity index (χ1v) is 5.00. The molecule has 0 aliphatic heterocycles. The average Bonchev–Trinajstić information content (AvgIpc) is 2.21. The van der Waals surface area contributed by atoms with Crippen LogP contribution in [0.3, 0.4) is 0 Å². The summed E-state index contributed by atoms with van der Waals surface area (Å²) in [5.74, 6) is 0.663. The zero-order chi connectivity index (χ0) is 11.1. The molecule has 2 N–H and O–H groups in total. The van der Waals surface area contributed by atoms with Crippen LogP contribution in [-0.2, 0) is 0 Å². The quantitative estimate of drug-likeness (QED) is 0.775. The van der Waals surface area contributed by atoms with Crippen molar-refractivity contribution in [3.05, 3.63) is 29.3 Å². The maximum atomic E-state index is 11.0. The van der Waals surface area contributed by atoms with Gasteiger partial charge in [-0.15, -0.1) is 0 Å². The predicted octanol–water partition coefficient (Wildman–Crippen LogP) is 2.00. The molecule has 1 rings (SSSR count). The number of urea groups is 1. The van der Waals surface area contributed by atoms with Gasteiger partial charge in [-0.1, -0.05) is 11.6 Å². The van der Waals surface area contributed by atoms with Gasteiger partial charge in [0.1, 0.15) is 5.75 Å². The summed E-state index contributed by atoms with van der Waals surface area (Å²) < 4.78 is 5.25. The van der Waals surface area contributed by atoms with Crippen LogP contribution in [0.4, 0.5) is 4.79 Å². The van der Waals surface area contributed by atoms with Crippen LogP contribution >= 0.6 is 11.6 Å². The fourth-order valence-corrected chi connectivity index (χ4v) is 1.06. The Balaban J connectivity index is 2.26. The fourth-order valence-electron chi connectivity index (χ4n) is 0.939. The van der Waals surface area contributed by atoms with E-state index >= 15 is 0 Å². The van der Waals surface area contributed by atoms with E-state index in [-0.39, 0.29) is 12.8 Å². The zero-order valence-corrected chi connectivity index (χ0v) is 9.17. The van der Waals surface area contributed by atoms with Crippen molar-refractivity contribution in [3.63, 3.8) is 0 Å². The SMILES string of the molecule is CCNC(=O)NCOc1ccc(Cl)cc1. The van der Waals surface area contributed by atoms with Crippen LogP contribution in [0, 0.1) is 0 Å². The highest BCUT2D eigenvalue weighted by molar-refractivity contribution is 6.30. The maximum absolute atomic E-state index is 11.0. The number of amides is 2. The fraction of sp³-hybridized carbons (Fsp3) is 0.300. The Morgan fingerprint density at radius 1 is 1.33 bits per heavy atom. The molecule has 0 unspecified atom stereocenters. The van der Waals surface area contributed by atoms with Gasteiger partial charge in [0.15, 0.2) is 6.73 Å². The number of carbonyl (C=O) groups is 1. The molecule has 0 atom stereocenters. The number of halogens is 1. The second-order valence-corrected chi connectivity index (χ2v) is 3.22. The highest BCUT2D eigenvalue weighted by Crippen LogP contribution is 2.14. The van der Waals surface area contributed by atoms with Crippen molar-refractivity contribution in [1.29, 1.82) is 0 Å². The van der Waals surface area contributed by atoms with Gasteiger partial charge < -0.3 is 15.4 Å². The summed E-state index contributed by atoms with van der Waals surface area (Å²) in [6, 6.07) is 6.68.